The van der Waals surface area contributed by atoms with E-state index in [9.17, 15) is 0 Å². The average Bonchev–Trinajstić information content (AvgIpc) is 3.35. The number of likely N-dealkylation sites (tertiary alicyclic amines) is 1. The van der Waals surface area contributed by atoms with E-state index >= 15 is 0 Å². The molecule has 0 amide bonds. The van der Waals surface area contributed by atoms with Gasteiger partial charge in [0, 0.05) is 0 Å². The van der Waals surface area contributed by atoms with E-state index in [1.54, 1.807) is 0 Å². The van der Waals surface area contributed by atoms with Crippen molar-refractivity contribution in [2.75, 3.05) is 13.1 Å². The molecule has 1 aromatic carbocycles. The Morgan fingerprint density at radius 2 is 1.60 bits per heavy atom. The Bertz CT molecular complexity index is 691. The highest BCUT2D eigenvalue weighted by Crippen LogP contribution is 2.43. The highest BCUT2D eigenvalue weighted by atomic mass is 15.6. The van der Waals surface area contributed by atoms with Crippen molar-refractivity contribution in [1.29, 1.82) is 0 Å². The molecule has 2 aliphatic rings. The molecule has 25 heavy (non-hydrogen) atoms. The van der Waals surface area contributed by atoms with Gasteiger partial charge in [0.25, 0.3) is 0 Å². The number of aromatic nitrogens is 4. The summed E-state index contributed by atoms with van der Waals surface area (Å²) in [5, 5.41) is 13.0. The number of hydrogen-bond acceptors (Lipinski definition) is 4. The summed E-state index contributed by atoms with van der Waals surface area (Å²) in [5.74, 6) is 1.59. The van der Waals surface area contributed by atoms with Crippen LogP contribution in [0.5, 0.6) is 0 Å². The molecule has 5 heteroatoms. The van der Waals surface area contributed by atoms with Gasteiger partial charge in [0.2, 0.25) is 0 Å². The number of tetrazole rings is 1. The van der Waals surface area contributed by atoms with Gasteiger partial charge in [-0.1, -0.05) is 45.2 Å². The van der Waals surface area contributed by atoms with Crippen molar-refractivity contribution < 1.29 is 0 Å². The molecular formula is C20H29N5. The predicted octanol–water partition coefficient (Wildman–Crippen LogP) is 4.04. The summed E-state index contributed by atoms with van der Waals surface area (Å²) in [6.07, 6.45) is 8.83. The van der Waals surface area contributed by atoms with Crippen LogP contribution in [0.25, 0.3) is 5.69 Å². The lowest BCUT2D eigenvalue weighted by Gasteiger charge is -2.43. The normalized spacial score (nSPS) is 21.1. The summed E-state index contributed by atoms with van der Waals surface area (Å²) in [7, 11) is 0. The van der Waals surface area contributed by atoms with Crippen molar-refractivity contribution in [2.45, 2.75) is 70.3 Å². The van der Waals surface area contributed by atoms with Crippen molar-refractivity contribution in [2.24, 2.45) is 0 Å². The lowest BCUT2D eigenvalue weighted by molar-refractivity contribution is 0.0595. The van der Waals surface area contributed by atoms with E-state index < -0.39 is 0 Å². The average molecular weight is 339 g/mol. The molecule has 1 saturated carbocycles. The van der Waals surface area contributed by atoms with E-state index in [1.807, 2.05) is 4.68 Å². The molecule has 134 valence electrons. The van der Waals surface area contributed by atoms with Gasteiger partial charge in [0.15, 0.2) is 5.82 Å². The molecule has 0 N–H and O–H groups in total. The molecule has 0 radical (unpaired) electrons. The maximum Gasteiger partial charge on any atom is 0.176 e. The summed E-state index contributed by atoms with van der Waals surface area (Å²) in [6, 6.07) is 8.73. The minimum Gasteiger partial charge on any atom is -0.291 e. The van der Waals surface area contributed by atoms with Crippen LogP contribution in [-0.4, -0.2) is 38.2 Å². The maximum atomic E-state index is 4.55. The third-order valence-corrected chi connectivity index (χ3v) is 6.08. The van der Waals surface area contributed by atoms with Gasteiger partial charge in [-0.2, -0.15) is 4.68 Å². The molecule has 4 rings (SSSR count). The molecule has 2 aromatic rings. The van der Waals surface area contributed by atoms with Crippen molar-refractivity contribution >= 4 is 0 Å². The van der Waals surface area contributed by atoms with Crippen LogP contribution in [-0.2, 0) is 5.54 Å². The molecular weight excluding hydrogens is 310 g/mol. The Balaban J connectivity index is 1.73. The fraction of sp³-hybridized carbons (Fsp3) is 0.650. The standard InChI is InChI=1S/C20H29N5/c1-16(2)17-8-10-18(11-9-17)25-19(21-22-23-25)20(12-4-3-5-13-20)24-14-6-7-15-24/h8-11,16H,3-7,12-15H2,1-2H3. The first kappa shape index (κ1) is 16.7. The second-order valence-electron chi connectivity index (χ2n) is 7.95. The Morgan fingerprint density at radius 1 is 0.920 bits per heavy atom. The smallest absolute Gasteiger partial charge is 0.176 e. The fourth-order valence-corrected chi connectivity index (χ4v) is 4.61. The van der Waals surface area contributed by atoms with Gasteiger partial charge >= 0.3 is 0 Å². The van der Waals surface area contributed by atoms with Crippen LogP contribution in [0.15, 0.2) is 24.3 Å². The predicted molar refractivity (Wildman–Crippen MR) is 98.8 cm³/mol. The van der Waals surface area contributed by atoms with Crippen molar-refractivity contribution in [3.05, 3.63) is 35.7 Å². The first-order chi connectivity index (χ1) is 12.2. The second-order valence-corrected chi connectivity index (χ2v) is 7.95. The number of nitrogens with zero attached hydrogens (tertiary/aromatic N) is 5. The minimum absolute atomic E-state index is 0.0228. The van der Waals surface area contributed by atoms with E-state index in [2.05, 4.69) is 58.5 Å². The first-order valence-corrected chi connectivity index (χ1v) is 9.85. The summed E-state index contributed by atoms with van der Waals surface area (Å²) in [6.45, 7) is 6.81. The van der Waals surface area contributed by atoms with E-state index in [1.165, 1.54) is 63.6 Å². The SMILES string of the molecule is CC(C)c1ccc(-n2nnnc2C2(N3CCCC3)CCCCC2)cc1. The number of benzene rings is 1. The van der Waals surface area contributed by atoms with Crippen LogP contribution in [0.4, 0.5) is 0 Å². The van der Waals surface area contributed by atoms with Crippen LogP contribution in [0.1, 0.15) is 76.1 Å². The van der Waals surface area contributed by atoms with Crippen LogP contribution in [0, 0.1) is 0 Å². The van der Waals surface area contributed by atoms with E-state index in [0.717, 1.165) is 11.5 Å². The molecule has 1 aliphatic carbocycles. The highest BCUT2D eigenvalue weighted by Gasteiger charge is 2.44. The maximum absolute atomic E-state index is 4.55. The molecule has 0 unspecified atom stereocenters. The summed E-state index contributed by atoms with van der Waals surface area (Å²) in [4.78, 5) is 2.66. The lowest BCUT2D eigenvalue weighted by atomic mass is 9.79. The van der Waals surface area contributed by atoms with Gasteiger partial charge in [-0.25, -0.2) is 0 Å². The Labute approximate surface area is 150 Å². The number of rotatable bonds is 4. The zero-order valence-electron chi connectivity index (χ0n) is 15.5. The monoisotopic (exact) mass is 339 g/mol. The number of hydrogen-bond donors (Lipinski definition) is 0. The Hall–Kier alpha value is -1.75. The van der Waals surface area contributed by atoms with Crippen LogP contribution in [0.2, 0.25) is 0 Å². The zero-order chi connectivity index (χ0) is 17.3. The third kappa shape index (κ3) is 2.99. The van der Waals surface area contributed by atoms with Crippen LogP contribution >= 0.6 is 0 Å². The quantitative estimate of drug-likeness (QED) is 0.843. The Kier molecular flexibility index (Phi) is 4.59. The molecule has 0 spiro atoms. The molecule has 0 bridgehead atoms. The van der Waals surface area contributed by atoms with Crippen molar-refractivity contribution in [1.82, 2.24) is 25.1 Å². The third-order valence-electron chi connectivity index (χ3n) is 6.08. The lowest BCUT2D eigenvalue weighted by Crippen LogP contribution is -2.47. The van der Waals surface area contributed by atoms with E-state index in [4.69, 9.17) is 0 Å². The second kappa shape index (κ2) is 6.87. The molecule has 2 heterocycles. The van der Waals surface area contributed by atoms with Gasteiger partial charge < -0.3 is 0 Å². The highest BCUT2D eigenvalue weighted by molar-refractivity contribution is 5.36. The van der Waals surface area contributed by atoms with Crippen molar-refractivity contribution in [3.63, 3.8) is 0 Å². The summed E-state index contributed by atoms with van der Waals surface area (Å²) < 4.78 is 1.99. The van der Waals surface area contributed by atoms with Gasteiger partial charge in [0.1, 0.15) is 0 Å². The molecule has 5 nitrogen and oxygen atoms in total. The zero-order valence-corrected chi connectivity index (χ0v) is 15.5. The van der Waals surface area contributed by atoms with Gasteiger partial charge in [-0.05, 0) is 72.8 Å². The fourth-order valence-electron chi connectivity index (χ4n) is 4.61. The molecule has 0 atom stereocenters. The van der Waals surface area contributed by atoms with E-state index in [-0.39, 0.29) is 5.54 Å². The van der Waals surface area contributed by atoms with Gasteiger partial charge in [0.05, 0.1) is 11.2 Å². The first-order valence-electron chi connectivity index (χ1n) is 9.85. The van der Waals surface area contributed by atoms with Gasteiger partial charge in [-0.3, -0.25) is 4.90 Å². The van der Waals surface area contributed by atoms with Crippen LogP contribution < -0.4 is 0 Å². The molecule has 1 saturated heterocycles. The molecule has 1 aliphatic heterocycles. The summed E-state index contributed by atoms with van der Waals surface area (Å²) in [5.41, 5.74) is 2.45. The molecule has 2 fully saturated rings. The molecule has 1 aromatic heterocycles. The van der Waals surface area contributed by atoms with Crippen molar-refractivity contribution in [3.8, 4) is 5.69 Å². The largest absolute Gasteiger partial charge is 0.291 e. The van der Waals surface area contributed by atoms with Gasteiger partial charge in [-0.15, -0.1) is 5.10 Å². The summed E-state index contributed by atoms with van der Waals surface area (Å²) >= 11 is 0. The van der Waals surface area contributed by atoms with E-state index in [0.29, 0.717) is 5.92 Å². The van der Waals surface area contributed by atoms with Crippen LogP contribution in [0.3, 0.4) is 0 Å². The Morgan fingerprint density at radius 3 is 2.24 bits per heavy atom. The minimum atomic E-state index is 0.0228. The topological polar surface area (TPSA) is 46.8 Å².